The standard InChI is InChI=1S/C16H19INO2.Y/c1-4-18-15(9-8-14(17)16(18)19)13-7-6-12(20-5-2)10-11(13)3;/h6-7,10,14H,4-5,8H2,1-3H3;/q-1;. The van der Waals surface area contributed by atoms with Crippen LogP contribution in [0.15, 0.2) is 18.2 Å². The van der Waals surface area contributed by atoms with Crippen LogP contribution in [0.4, 0.5) is 0 Å². The zero-order valence-electron chi connectivity index (χ0n) is 12.6. The van der Waals surface area contributed by atoms with Crippen LogP contribution in [0, 0.1) is 13.0 Å². The first-order valence-corrected chi connectivity index (χ1v) is 8.13. The molecular formula is C16H19INO2Y-. The van der Waals surface area contributed by atoms with Crippen molar-refractivity contribution in [1.29, 1.82) is 0 Å². The number of ether oxygens (including phenoxy) is 1. The van der Waals surface area contributed by atoms with Crippen molar-refractivity contribution in [3.8, 4) is 5.75 Å². The predicted molar refractivity (Wildman–Crippen MR) is 88.8 cm³/mol. The molecule has 0 bridgehead atoms. The molecule has 3 nitrogen and oxygen atoms in total. The van der Waals surface area contributed by atoms with E-state index in [4.69, 9.17) is 4.74 Å². The van der Waals surface area contributed by atoms with Gasteiger partial charge < -0.3 is 9.64 Å². The second-order valence-electron chi connectivity index (χ2n) is 4.69. The van der Waals surface area contributed by atoms with E-state index in [0.29, 0.717) is 19.6 Å². The zero-order valence-corrected chi connectivity index (χ0v) is 17.6. The number of carbonyl (C=O) groups is 1. The third-order valence-electron chi connectivity index (χ3n) is 3.33. The number of nitrogens with zero attached hydrogens (tertiary/aromatic N) is 1. The van der Waals surface area contributed by atoms with E-state index in [2.05, 4.69) is 28.7 Å². The molecule has 5 heteroatoms. The topological polar surface area (TPSA) is 29.5 Å². The van der Waals surface area contributed by atoms with E-state index in [1.54, 1.807) is 0 Å². The number of hydrogen-bond acceptors (Lipinski definition) is 2. The normalized spacial score (nSPS) is 18.1. The Morgan fingerprint density at radius 1 is 1.43 bits per heavy atom. The quantitative estimate of drug-likeness (QED) is 0.380. The minimum atomic E-state index is -0.000644. The summed E-state index contributed by atoms with van der Waals surface area (Å²) >= 11 is 2.19. The molecule has 1 heterocycles. The summed E-state index contributed by atoms with van der Waals surface area (Å²) in [7, 11) is 0. The molecule has 1 amide bonds. The van der Waals surface area contributed by atoms with Gasteiger partial charge in [0.05, 0.1) is 10.5 Å². The summed E-state index contributed by atoms with van der Waals surface area (Å²) in [5.74, 6) is 1.04. The molecule has 21 heavy (non-hydrogen) atoms. The van der Waals surface area contributed by atoms with Crippen molar-refractivity contribution in [2.24, 2.45) is 0 Å². The second-order valence-corrected chi connectivity index (χ2v) is 6.19. The summed E-state index contributed by atoms with van der Waals surface area (Å²) in [5, 5.41) is 0. The molecular weight excluding hydrogens is 454 g/mol. The second kappa shape index (κ2) is 8.63. The number of hydrogen-bond donors (Lipinski definition) is 0. The fourth-order valence-corrected chi connectivity index (χ4v) is 2.92. The molecule has 0 saturated carbocycles. The molecule has 0 saturated heterocycles. The molecule has 0 fully saturated rings. The van der Waals surface area contributed by atoms with Gasteiger partial charge in [-0.25, -0.2) is 6.08 Å². The third-order valence-corrected chi connectivity index (χ3v) is 4.31. The van der Waals surface area contributed by atoms with Crippen LogP contribution in [0.2, 0.25) is 0 Å². The van der Waals surface area contributed by atoms with Crippen LogP contribution < -0.4 is 4.74 Å². The number of alkyl halides is 1. The summed E-state index contributed by atoms with van der Waals surface area (Å²) < 4.78 is 5.51. The van der Waals surface area contributed by atoms with Gasteiger partial charge in [0.2, 0.25) is 5.91 Å². The Kier molecular flexibility index (Phi) is 7.86. The van der Waals surface area contributed by atoms with Gasteiger partial charge in [-0.05, 0) is 26.0 Å². The largest absolute Gasteiger partial charge is 0.494 e. The molecule has 1 aromatic carbocycles. The smallest absolute Gasteiger partial charge is 0.235 e. The van der Waals surface area contributed by atoms with Gasteiger partial charge in [-0.15, -0.1) is 22.9 Å². The van der Waals surface area contributed by atoms with Gasteiger partial charge in [-0.3, -0.25) is 4.79 Å². The van der Waals surface area contributed by atoms with E-state index in [1.807, 2.05) is 43.9 Å². The molecule has 1 aromatic rings. The maximum Gasteiger partial charge on any atom is 0.235 e. The van der Waals surface area contributed by atoms with Crippen molar-refractivity contribution in [2.75, 3.05) is 13.2 Å². The molecule has 0 N–H and O–H groups in total. The van der Waals surface area contributed by atoms with E-state index in [0.717, 1.165) is 22.6 Å². The van der Waals surface area contributed by atoms with Crippen molar-refractivity contribution in [2.45, 2.75) is 31.1 Å². The van der Waals surface area contributed by atoms with Crippen LogP contribution in [0.25, 0.3) is 5.70 Å². The van der Waals surface area contributed by atoms with Crippen molar-refractivity contribution in [1.82, 2.24) is 4.90 Å². The minimum Gasteiger partial charge on any atom is -0.494 e. The van der Waals surface area contributed by atoms with Crippen molar-refractivity contribution < 1.29 is 42.2 Å². The van der Waals surface area contributed by atoms with Crippen molar-refractivity contribution in [3.63, 3.8) is 0 Å². The van der Waals surface area contributed by atoms with Gasteiger partial charge in [0, 0.05) is 39.3 Å². The number of aryl methyl sites for hydroxylation is 1. The monoisotopic (exact) mass is 473 g/mol. The Labute approximate surface area is 165 Å². The van der Waals surface area contributed by atoms with Crippen molar-refractivity contribution >= 4 is 34.2 Å². The Morgan fingerprint density at radius 2 is 2.14 bits per heavy atom. The molecule has 2 rings (SSSR count). The Morgan fingerprint density at radius 3 is 2.71 bits per heavy atom. The summed E-state index contributed by atoms with van der Waals surface area (Å²) in [6.07, 6.45) is 4.06. The Hall–Kier alpha value is 0.0639. The Balaban J connectivity index is 0.00000220. The van der Waals surface area contributed by atoms with Gasteiger partial charge in [-0.2, -0.15) is 0 Å². The molecule has 1 unspecified atom stereocenters. The van der Waals surface area contributed by atoms with Crippen LogP contribution in [0.1, 0.15) is 31.4 Å². The molecule has 1 radical (unpaired) electrons. The molecule has 1 aliphatic rings. The van der Waals surface area contributed by atoms with Gasteiger partial charge in [0.1, 0.15) is 5.75 Å². The van der Waals surface area contributed by atoms with Gasteiger partial charge in [0.25, 0.3) is 0 Å². The molecule has 1 atom stereocenters. The van der Waals surface area contributed by atoms with E-state index in [9.17, 15) is 4.79 Å². The maximum absolute atomic E-state index is 12.3. The number of amides is 1. The number of carbonyl (C=O) groups excluding carboxylic acids is 1. The summed E-state index contributed by atoms with van der Waals surface area (Å²) in [5.41, 5.74) is 3.08. The number of rotatable bonds is 4. The third kappa shape index (κ3) is 4.29. The molecule has 111 valence electrons. The number of halogens is 1. The molecule has 0 aliphatic carbocycles. The fraction of sp³-hybridized carbons (Fsp3) is 0.438. The summed E-state index contributed by atoms with van der Waals surface area (Å²) in [6, 6.07) is 5.99. The van der Waals surface area contributed by atoms with Crippen LogP contribution >= 0.6 is 22.6 Å². The van der Waals surface area contributed by atoms with E-state index >= 15 is 0 Å². The summed E-state index contributed by atoms with van der Waals surface area (Å²) in [6.45, 7) is 7.34. The van der Waals surface area contributed by atoms with Crippen LogP contribution in [0.3, 0.4) is 0 Å². The predicted octanol–water partition coefficient (Wildman–Crippen LogP) is 3.59. The van der Waals surface area contributed by atoms with E-state index in [1.165, 1.54) is 0 Å². The van der Waals surface area contributed by atoms with Crippen molar-refractivity contribution in [3.05, 3.63) is 35.4 Å². The first kappa shape index (κ1) is 19.1. The van der Waals surface area contributed by atoms with Gasteiger partial charge in [0.15, 0.2) is 0 Å². The van der Waals surface area contributed by atoms with E-state index < -0.39 is 0 Å². The maximum atomic E-state index is 12.3. The van der Waals surface area contributed by atoms with Gasteiger partial charge >= 0.3 is 0 Å². The SMILES string of the molecule is CCOc1ccc(C2=[C-]CC(I)C(=O)N2CC)c(C)c1.[Y]. The molecule has 1 aliphatic heterocycles. The average molecular weight is 473 g/mol. The first-order valence-electron chi connectivity index (χ1n) is 6.88. The number of allylic oxidation sites excluding steroid dienone is 1. The van der Waals surface area contributed by atoms with Crippen LogP contribution in [-0.4, -0.2) is 27.9 Å². The Bertz CT molecular complexity index is 545. The first-order chi connectivity index (χ1) is 9.58. The fourth-order valence-electron chi connectivity index (χ4n) is 2.36. The zero-order chi connectivity index (χ0) is 14.7. The van der Waals surface area contributed by atoms with Gasteiger partial charge in [-0.1, -0.05) is 35.9 Å². The molecule has 0 spiro atoms. The van der Waals surface area contributed by atoms with Crippen LogP contribution in [0.5, 0.6) is 5.75 Å². The van der Waals surface area contributed by atoms with Crippen LogP contribution in [-0.2, 0) is 37.5 Å². The summed E-state index contributed by atoms with van der Waals surface area (Å²) in [4.78, 5) is 14.1. The van der Waals surface area contributed by atoms with E-state index in [-0.39, 0.29) is 42.5 Å². The minimum absolute atomic E-state index is 0. The number of benzene rings is 1. The molecule has 0 aromatic heterocycles. The average Bonchev–Trinajstić information content (AvgIpc) is 2.43.